The van der Waals surface area contributed by atoms with Gasteiger partial charge in [0.1, 0.15) is 11.7 Å². The third kappa shape index (κ3) is 2.34. The highest BCUT2D eigenvalue weighted by atomic mass is 16.2. The molecule has 0 aliphatic carbocycles. The molecular formula is C19H14N4O2. The number of nitrogens with one attached hydrogen (secondary N) is 2. The van der Waals surface area contributed by atoms with Crippen molar-refractivity contribution in [3.05, 3.63) is 82.1 Å². The van der Waals surface area contributed by atoms with Crippen molar-refractivity contribution in [2.75, 3.05) is 5.32 Å². The molecule has 0 fully saturated rings. The van der Waals surface area contributed by atoms with Gasteiger partial charge in [-0.25, -0.2) is 4.68 Å². The van der Waals surface area contributed by atoms with E-state index >= 15 is 0 Å². The lowest BCUT2D eigenvalue weighted by Crippen LogP contribution is -2.35. The predicted octanol–water partition coefficient (Wildman–Crippen LogP) is 2.39. The molecule has 2 aromatic carbocycles. The number of amides is 1. The Morgan fingerprint density at radius 2 is 1.60 bits per heavy atom. The van der Waals surface area contributed by atoms with Crippen LogP contribution >= 0.6 is 0 Å². The molecule has 1 aliphatic rings. The largest absolute Gasteiger partial charge is 0.310 e. The number of para-hydroxylation sites is 1. The minimum absolute atomic E-state index is 0.268. The van der Waals surface area contributed by atoms with Gasteiger partial charge in [-0.3, -0.25) is 14.7 Å². The van der Waals surface area contributed by atoms with Crippen LogP contribution in [0.1, 0.15) is 17.0 Å². The van der Waals surface area contributed by atoms with E-state index in [-0.39, 0.29) is 5.56 Å². The number of H-pyrrole nitrogens is 1. The van der Waals surface area contributed by atoms with Gasteiger partial charge < -0.3 is 5.32 Å². The molecule has 2 heterocycles. The number of anilines is 1. The summed E-state index contributed by atoms with van der Waals surface area (Å²) >= 11 is 0. The summed E-state index contributed by atoms with van der Waals surface area (Å²) in [7, 11) is 0. The summed E-state index contributed by atoms with van der Waals surface area (Å²) in [5, 5.41) is 15.1. The van der Waals surface area contributed by atoms with Crippen LogP contribution in [-0.2, 0) is 4.79 Å². The Balaban J connectivity index is 1.95. The van der Waals surface area contributed by atoms with Gasteiger partial charge in [0.15, 0.2) is 0 Å². The van der Waals surface area contributed by atoms with Gasteiger partial charge in [-0.05, 0) is 17.7 Å². The first-order valence-electron chi connectivity index (χ1n) is 7.86. The van der Waals surface area contributed by atoms with Crippen molar-refractivity contribution in [3.63, 3.8) is 0 Å². The highest BCUT2D eigenvalue weighted by molar-refractivity contribution is 5.97. The molecule has 4 rings (SSSR count). The van der Waals surface area contributed by atoms with Crippen molar-refractivity contribution in [1.82, 2.24) is 9.78 Å². The van der Waals surface area contributed by atoms with Gasteiger partial charge in [-0.2, -0.15) is 5.26 Å². The Hall–Kier alpha value is -3.59. The van der Waals surface area contributed by atoms with Gasteiger partial charge in [-0.15, -0.1) is 0 Å². The number of hydrogen-bond acceptors (Lipinski definition) is 3. The molecule has 122 valence electrons. The van der Waals surface area contributed by atoms with Crippen LogP contribution in [-0.4, -0.2) is 15.7 Å². The molecule has 0 bridgehead atoms. The van der Waals surface area contributed by atoms with Gasteiger partial charge in [0, 0.05) is 5.92 Å². The van der Waals surface area contributed by atoms with Gasteiger partial charge in [0.25, 0.3) is 5.56 Å². The number of fused-ring (bicyclic) bond motifs is 1. The zero-order valence-electron chi connectivity index (χ0n) is 13.1. The monoisotopic (exact) mass is 330 g/mol. The summed E-state index contributed by atoms with van der Waals surface area (Å²) in [5.41, 5.74) is 1.56. The van der Waals surface area contributed by atoms with Crippen LogP contribution in [0.25, 0.3) is 5.69 Å². The van der Waals surface area contributed by atoms with Gasteiger partial charge in [0.05, 0.1) is 17.3 Å². The van der Waals surface area contributed by atoms with Crippen LogP contribution in [0.3, 0.4) is 0 Å². The van der Waals surface area contributed by atoms with Crippen LogP contribution in [0.2, 0.25) is 0 Å². The molecule has 0 unspecified atom stereocenters. The van der Waals surface area contributed by atoms with Gasteiger partial charge >= 0.3 is 0 Å². The van der Waals surface area contributed by atoms with Crippen LogP contribution < -0.4 is 10.9 Å². The maximum absolute atomic E-state index is 13.0. The molecule has 2 N–H and O–H groups in total. The van der Waals surface area contributed by atoms with E-state index in [0.29, 0.717) is 17.1 Å². The Bertz CT molecular complexity index is 1030. The van der Waals surface area contributed by atoms with Crippen molar-refractivity contribution in [3.8, 4) is 11.8 Å². The van der Waals surface area contributed by atoms with E-state index in [2.05, 4.69) is 10.4 Å². The predicted molar refractivity (Wildman–Crippen MR) is 92.4 cm³/mol. The summed E-state index contributed by atoms with van der Waals surface area (Å²) in [5.74, 6) is -1.63. The Morgan fingerprint density at radius 3 is 2.24 bits per heavy atom. The van der Waals surface area contributed by atoms with E-state index in [0.717, 1.165) is 5.56 Å². The molecule has 1 aromatic heterocycles. The molecule has 6 heteroatoms. The second-order valence-electron chi connectivity index (χ2n) is 5.86. The first-order chi connectivity index (χ1) is 12.2. The Labute approximate surface area is 143 Å². The number of nitriles is 1. The first-order valence-corrected chi connectivity index (χ1v) is 7.86. The summed E-state index contributed by atoms with van der Waals surface area (Å²) in [4.78, 5) is 25.4. The minimum atomic E-state index is -0.956. The van der Waals surface area contributed by atoms with Crippen molar-refractivity contribution in [2.45, 2.75) is 5.92 Å². The fourth-order valence-corrected chi connectivity index (χ4v) is 3.26. The van der Waals surface area contributed by atoms with E-state index in [4.69, 9.17) is 0 Å². The summed E-state index contributed by atoms with van der Waals surface area (Å²) in [6.45, 7) is 0. The zero-order valence-corrected chi connectivity index (χ0v) is 13.1. The molecule has 0 saturated heterocycles. The number of aromatic amines is 1. The second-order valence-corrected chi connectivity index (χ2v) is 5.86. The summed E-state index contributed by atoms with van der Waals surface area (Å²) in [6, 6.07) is 20.3. The molecule has 1 amide bonds. The average molecular weight is 330 g/mol. The lowest BCUT2D eigenvalue weighted by molar-refractivity contribution is -0.119. The number of benzene rings is 2. The minimum Gasteiger partial charge on any atom is -0.310 e. The topological polar surface area (TPSA) is 90.7 Å². The van der Waals surface area contributed by atoms with Crippen molar-refractivity contribution in [1.29, 1.82) is 5.26 Å². The first kappa shape index (κ1) is 15.0. The third-order valence-electron chi connectivity index (χ3n) is 4.41. The number of hydrogen-bond donors (Lipinski definition) is 2. The van der Waals surface area contributed by atoms with Crippen LogP contribution in [0.15, 0.2) is 65.5 Å². The maximum atomic E-state index is 13.0. The molecule has 0 saturated carbocycles. The van der Waals surface area contributed by atoms with E-state index < -0.39 is 17.7 Å². The second kappa shape index (κ2) is 5.80. The normalized spacial score (nSPS) is 18.9. The number of rotatable bonds is 2. The quantitative estimate of drug-likeness (QED) is 0.756. The molecule has 6 nitrogen and oxygen atoms in total. The molecule has 2 atom stereocenters. The van der Waals surface area contributed by atoms with E-state index in [9.17, 15) is 14.9 Å². The molecule has 0 radical (unpaired) electrons. The van der Waals surface area contributed by atoms with Gasteiger partial charge in [-0.1, -0.05) is 48.5 Å². The van der Waals surface area contributed by atoms with Crippen LogP contribution in [0.4, 0.5) is 5.82 Å². The smallest absolute Gasteiger partial charge is 0.277 e. The number of nitrogens with zero attached hydrogens (tertiary/aromatic N) is 2. The summed E-state index contributed by atoms with van der Waals surface area (Å²) in [6.07, 6.45) is 0. The number of aromatic nitrogens is 2. The van der Waals surface area contributed by atoms with Crippen LogP contribution in [0, 0.1) is 17.2 Å². The van der Waals surface area contributed by atoms with E-state index in [1.165, 1.54) is 4.68 Å². The highest BCUT2D eigenvalue weighted by Crippen LogP contribution is 2.38. The van der Waals surface area contributed by atoms with Crippen LogP contribution in [0.5, 0.6) is 0 Å². The van der Waals surface area contributed by atoms with Crippen molar-refractivity contribution in [2.24, 2.45) is 5.92 Å². The highest BCUT2D eigenvalue weighted by Gasteiger charge is 2.40. The molecule has 1 aliphatic heterocycles. The van der Waals surface area contributed by atoms with Crippen molar-refractivity contribution >= 4 is 11.7 Å². The fourth-order valence-electron chi connectivity index (χ4n) is 3.26. The number of carbonyl (C=O) groups is 1. The third-order valence-corrected chi connectivity index (χ3v) is 4.41. The molecule has 0 spiro atoms. The lowest BCUT2D eigenvalue weighted by atomic mass is 9.79. The fraction of sp³-hybridized carbons (Fsp3) is 0.105. The Kier molecular flexibility index (Phi) is 3.47. The molecule has 25 heavy (non-hydrogen) atoms. The van der Waals surface area contributed by atoms with E-state index in [1.807, 2.05) is 54.6 Å². The molecule has 3 aromatic rings. The number of carbonyl (C=O) groups excluding carboxylic acids is 1. The average Bonchev–Trinajstić information content (AvgIpc) is 2.98. The zero-order chi connectivity index (χ0) is 17.4. The lowest BCUT2D eigenvalue weighted by Gasteiger charge is -2.25. The maximum Gasteiger partial charge on any atom is 0.277 e. The van der Waals surface area contributed by atoms with Gasteiger partial charge in [0.2, 0.25) is 5.91 Å². The summed E-state index contributed by atoms with van der Waals surface area (Å²) < 4.78 is 1.39. The standard InChI is InChI=1S/C19H14N4O2/c20-11-14-15(12-7-3-1-4-8-12)16-17(21-18(14)24)22-23(19(16)25)13-9-5-2-6-10-13/h1-10,14-15,22H,(H,21,24)/t14-,15-/m1/s1. The Morgan fingerprint density at radius 1 is 0.960 bits per heavy atom. The van der Waals surface area contributed by atoms with Crippen molar-refractivity contribution < 1.29 is 4.79 Å². The van der Waals surface area contributed by atoms with E-state index in [1.54, 1.807) is 12.1 Å². The molecular weight excluding hydrogens is 316 g/mol. The SMILES string of the molecule is N#C[C@H]1C(=O)Nc2[nH]n(-c3ccccc3)c(=O)c2[C@@H]1c1ccccc1.